The van der Waals surface area contributed by atoms with Gasteiger partial charge in [-0.25, -0.2) is 0 Å². The fraction of sp³-hybridized carbons (Fsp3) is 0.800. The smallest absolute Gasteiger partial charge is 0.274 e. The molecule has 1 saturated carbocycles. The predicted octanol–water partition coefficient (Wildman–Crippen LogP) is 2.63. The van der Waals surface area contributed by atoms with E-state index in [1.165, 1.54) is 30.5 Å². The average Bonchev–Trinajstić information content (AvgIpc) is 3.13. The summed E-state index contributed by atoms with van der Waals surface area (Å²) in [6.07, 6.45) is 8.21. The van der Waals surface area contributed by atoms with Crippen LogP contribution >= 0.6 is 0 Å². The van der Waals surface area contributed by atoms with Crippen LogP contribution in [0.3, 0.4) is 0 Å². The van der Waals surface area contributed by atoms with E-state index in [4.69, 9.17) is 5.10 Å². The SMILES string of the molecule is CC(C)Cn1nc(C(=O)N2CCCC2)c2c1CC[C@@H](NCC1CC1)C2. The van der Waals surface area contributed by atoms with Gasteiger partial charge in [-0.2, -0.15) is 5.10 Å². The topological polar surface area (TPSA) is 50.2 Å². The average molecular weight is 345 g/mol. The minimum Gasteiger partial charge on any atom is -0.337 e. The summed E-state index contributed by atoms with van der Waals surface area (Å²) in [5.74, 6) is 1.61. The van der Waals surface area contributed by atoms with Crippen molar-refractivity contribution >= 4 is 5.91 Å². The Morgan fingerprint density at radius 1 is 1.24 bits per heavy atom. The summed E-state index contributed by atoms with van der Waals surface area (Å²) in [5, 5.41) is 8.56. The largest absolute Gasteiger partial charge is 0.337 e. The van der Waals surface area contributed by atoms with E-state index < -0.39 is 0 Å². The summed E-state index contributed by atoms with van der Waals surface area (Å²) in [5.41, 5.74) is 3.30. The number of fused-ring (bicyclic) bond motifs is 1. The molecule has 5 nitrogen and oxygen atoms in total. The number of aromatic nitrogens is 2. The molecule has 0 radical (unpaired) electrons. The summed E-state index contributed by atoms with van der Waals surface area (Å²) in [7, 11) is 0. The van der Waals surface area contributed by atoms with Crippen LogP contribution < -0.4 is 5.32 Å². The third kappa shape index (κ3) is 3.76. The Kier molecular flexibility index (Phi) is 4.85. The molecule has 25 heavy (non-hydrogen) atoms. The first kappa shape index (κ1) is 17.1. The number of hydrogen-bond donors (Lipinski definition) is 1. The highest BCUT2D eigenvalue weighted by Gasteiger charge is 2.32. The van der Waals surface area contributed by atoms with Crippen LogP contribution in [-0.2, 0) is 19.4 Å². The van der Waals surface area contributed by atoms with Gasteiger partial charge in [0.05, 0.1) is 0 Å². The van der Waals surface area contributed by atoms with Crippen LogP contribution in [0.5, 0.6) is 0 Å². The summed E-state index contributed by atoms with van der Waals surface area (Å²) in [4.78, 5) is 15.0. The van der Waals surface area contributed by atoms with Crippen LogP contribution in [0.1, 0.15) is 67.7 Å². The summed E-state index contributed by atoms with van der Waals surface area (Å²) < 4.78 is 2.14. The fourth-order valence-electron chi connectivity index (χ4n) is 4.26. The number of hydrogen-bond acceptors (Lipinski definition) is 3. The van der Waals surface area contributed by atoms with Gasteiger partial charge in [-0.15, -0.1) is 0 Å². The lowest BCUT2D eigenvalue weighted by Gasteiger charge is -2.25. The Hall–Kier alpha value is -1.36. The van der Waals surface area contributed by atoms with Gasteiger partial charge in [-0.1, -0.05) is 13.8 Å². The molecule has 1 saturated heterocycles. The van der Waals surface area contributed by atoms with E-state index in [0.717, 1.165) is 63.5 Å². The van der Waals surface area contributed by atoms with Crippen molar-refractivity contribution in [3.63, 3.8) is 0 Å². The maximum Gasteiger partial charge on any atom is 0.274 e. The minimum absolute atomic E-state index is 0.166. The number of rotatable bonds is 6. The van der Waals surface area contributed by atoms with Crippen molar-refractivity contribution in [3.8, 4) is 0 Å². The number of likely N-dealkylation sites (tertiary alicyclic amines) is 1. The molecular weight excluding hydrogens is 312 g/mol. The van der Waals surface area contributed by atoms with Crippen LogP contribution in [0.2, 0.25) is 0 Å². The first-order valence-electron chi connectivity index (χ1n) is 10.2. The number of nitrogens with one attached hydrogen (secondary N) is 1. The Morgan fingerprint density at radius 2 is 2.00 bits per heavy atom. The van der Waals surface area contributed by atoms with E-state index in [2.05, 4.69) is 23.8 Å². The van der Waals surface area contributed by atoms with Gasteiger partial charge in [0.15, 0.2) is 5.69 Å². The van der Waals surface area contributed by atoms with Gasteiger partial charge in [-0.05, 0) is 63.3 Å². The normalized spacial score (nSPS) is 23.3. The minimum atomic E-state index is 0.166. The third-order valence-corrected chi connectivity index (χ3v) is 5.87. The molecule has 0 unspecified atom stereocenters. The van der Waals surface area contributed by atoms with Crippen LogP contribution in [0.4, 0.5) is 0 Å². The number of nitrogens with zero attached hydrogens (tertiary/aromatic N) is 3. The van der Waals surface area contributed by atoms with E-state index in [-0.39, 0.29) is 5.91 Å². The molecule has 5 heteroatoms. The molecule has 138 valence electrons. The second kappa shape index (κ2) is 7.10. The maximum absolute atomic E-state index is 13.0. The molecule has 1 aromatic heterocycles. The van der Waals surface area contributed by atoms with Gasteiger partial charge in [0, 0.05) is 36.9 Å². The van der Waals surface area contributed by atoms with Gasteiger partial charge in [0.1, 0.15) is 0 Å². The van der Waals surface area contributed by atoms with Crippen LogP contribution in [0, 0.1) is 11.8 Å². The Balaban J connectivity index is 1.56. The van der Waals surface area contributed by atoms with Gasteiger partial charge < -0.3 is 10.2 Å². The lowest BCUT2D eigenvalue weighted by molar-refractivity contribution is 0.0784. The van der Waals surface area contributed by atoms with Gasteiger partial charge in [-0.3, -0.25) is 9.48 Å². The molecular formula is C20H32N4O. The Morgan fingerprint density at radius 3 is 2.68 bits per heavy atom. The molecule has 1 amide bonds. The van der Waals surface area contributed by atoms with E-state index in [9.17, 15) is 4.79 Å². The van der Waals surface area contributed by atoms with E-state index in [1.54, 1.807) is 0 Å². The molecule has 2 fully saturated rings. The van der Waals surface area contributed by atoms with Crippen molar-refractivity contribution in [2.24, 2.45) is 11.8 Å². The Bertz CT molecular complexity index is 626. The summed E-state index contributed by atoms with van der Waals surface area (Å²) >= 11 is 0. The predicted molar refractivity (Wildman–Crippen MR) is 98.7 cm³/mol. The highest BCUT2D eigenvalue weighted by molar-refractivity contribution is 5.94. The molecule has 3 aliphatic rings. The molecule has 1 atom stereocenters. The first-order valence-corrected chi connectivity index (χ1v) is 10.2. The standard InChI is InChI=1S/C20H32N4O/c1-14(2)13-24-18-8-7-16(21-12-15-5-6-15)11-17(18)19(22-24)20(25)23-9-3-4-10-23/h14-16,21H,3-13H2,1-2H3/t16-/m1/s1. The lowest BCUT2D eigenvalue weighted by atomic mass is 9.91. The number of carbonyl (C=O) groups is 1. The number of amides is 1. The summed E-state index contributed by atoms with van der Waals surface area (Å²) in [6, 6.07) is 0.509. The molecule has 2 heterocycles. The van der Waals surface area contributed by atoms with Crippen molar-refractivity contribution in [1.29, 1.82) is 0 Å². The van der Waals surface area contributed by atoms with Crippen LogP contribution in [0.25, 0.3) is 0 Å². The first-order chi connectivity index (χ1) is 12.1. The van der Waals surface area contributed by atoms with Crippen LogP contribution in [-0.4, -0.2) is 46.3 Å². The molecule has 1 aromatic rings. The molecule has 1 aliphatic heterocycles. The molecule has 2 aliphatic carbocycles. The van der Waals surface area contributed by atoms with Crippen LogP contribution in [0.15, 0.2) is 0 Å². The van der Waals surface area contributed by atoms with Crippen molar-refractivity contribution in [2.45, 2.75) is 71.4 Å². The molecule has 0 spiro atoms. The van der Waals surface area contributed by atoms with Crippen molar-refractivity contribution in [1.82, 2.24) is 20.0 Å². The maximum atomic E-state index is 13.0. The molecule has 4 rings (SSSR count). The molecule has 1 N–H and O–H groups in total. The van der Waals surface area contributed by atoms with Gasteiger partial charge in [0.2, 0.25) is 0 Å². The van der Waals surface area contributed by atoms with Gasteiger partial charge in [0.25, 0.3) is 5.91 Å². The van der Waals surface area contributed by atoms with E-state index >= 15 is 0 Å². The zero-order chi connectivity index (χ0) is 17.4. The van der Waals surface area contributed by atoms with Crippen molar-refractivity contribution < 1.29 is 4.79 Å². The zero-order valence-electron chi connectivity index (χ0n) is 15.8. The van der Waals surface area contributed by atoms with E-state index in [1.807, 2.05) is 4.90 Å². The highest BCUT2D eigenvalue weighted by atomic mass is 16.2. The fourth-order valence-corrected chi connectivity index (χ4v) is 4.26. The third-order valence-electron chi connectivity index (χ3n) is 5.87. The van der Waals surface area contributed by atoms with E-state index in [0.29, 0.717) is 12.0 Å². The Labute approximate surface area is 151 Å². The lowest BCUT2D eigenvalue weighted by Crippen LogP contribution is -2.37. The van der Waals surface area contributed by atoms with Crippen molar-refractivity contribution in [3.05, 3.63) is 17.0 Å². The molecule has 0 aromatic carbocycles. The molecule has 0 bridgehead atoms. The zero-order valence-corrected chi connectivity index (χ0v) is 15.8. The van der Waals surface area contributed by atoms with Gasteiger partial charge >= 0.3 is 0 Å². The number of carbonyl (C=O) groups excluding carboxylic acids is 1. The second-order valence-corrected chi connectivity index (χ2v) is 8.64. The second-order valence-electron chi connectivity index (χ2n) is 8.64. The highest BCUT2D eigenvalue weighted by Crippen LogP contribution is 2.30. The summed E-state index contributed by atoms with van der Waals surface area (Å²) in [6.45, 7) is 8.30. The van der Waals surface area contributed by atoms with Crippen molar-refractivity contribution in [2.75, 3.05) is 19.6 Å². The monoisotopic (exact) mass is 344 g/mol. The quantitative estimate of drug-likeness (QED) is 0.863.